The van der Waals surface area contributed by atoms with E-state index in [-0.39, 0.29) is 6.61 Å². The third-order valence-electron chi connectivity index (χ3n) is 1.97. The molecule has 0 aliphatic heterocycles. The highest BCUT2D eigenvalue weighted by Crippen LogP contribution is 2.01. The summed E-state index contributed by atoms with van der Waals surface area (Å²) in [6, 6.07) is 8.93. The van der Waals surface area contributed by atoms with Crippen LogP contribution in [0.25, 0.3) is 0 Å². The third kappa shape index (κ3) is 6.03. The molecule has 1 rings (SSSR count). The minimum absolute atomic E-state index is 0.0294. The number of benzene rings is 1. The van der Waals surface area contributed by atoms with Crippen molar-refractivity contribution in [3.8, 4) is 0 Å². The summed E-state index contributed by atoms with van der Waals surface area (Å²) in [5.74, 6) is -2.08. The van der Waals surface area contributed by atoms with E-state index in [9.17, 15) is 9.59 Å². The van der Waals surface area contributed by atoms with Gasteiger partial charge in [0.15, 0.2) is 6.61 Å². The molecule has 0 amide bonds. The maximum Gasteiger partial charge on any atom is 0.344 e. The molecule has 0 aliphatic rings. The molecule has 0 unspecified atom stereocenters. The summed E-state index contributed by atoms with van der Waals surface area (Å²) in [6.07, 6.45) is -5.02. The molecule has 0 bridgehead atoms. The normalized spacial score (nSPS) is 14.7. The Morgan fingerprint density at radius 3 is 2.56 bits per heavy atom. The van der Waals surface area contributed by atoms with Crippen LogP contribution in [0.3, 0.4) is 0 Å². The maximum absolute atomic E-state index is 11.5. The Labute approximate surface area is 113 Å². The van der Waals surface area contributed by atoms with Gasteiger partial charge in [-0.25, -0.2) is 4.79 Å². The van der Waals surface area contributed by atoms with Crippen molar-refractivity contribution < 1.29 is 24.5 Å². The van der Waals surface area contributed by atoms with E-state index in [2.05, 4.69) is 4.74 Å². The predicted molar refractivity (Wildman–Crippen MR) is 66.7 cm³/mol. The lowest BCUT2D eigenvalue weighted by Gasteiger charge is -2.06. The molecular formula is C14H18O4. The van der Waals surface area contributed by atoms with Gasteiger partial charge in [-0.15, -0.1) is 0 Å². The molecule has 0 atom stereocenters. The number of hydrogen-bond acceptors (Lipinski definition) is 4. The molecule has 0 aliphatic carbocycles. The molecule has 0 N–H and O–H groups in total. The molecule has 0 saturated heterocycles. The Kier molecular flexibility index (Phi) is 4.20. The topological polar surface area (TPSA) is 52.6 Å². The number of carbonyl (C=O) groups is 2. The highest BCUT2D eigenvalue weighted by molar-refractivity contribution is 5.76. The van der Waals surface area contributed by atoms with E-state index in [0.29, 0.717) is 0 Å². The second kappa shape index (κ2) is 8.28. The Morgan fingerprint density at radius 1 is 1.17 bits per heavy atom. The fraction of sp³-hybridized carbons (Fsp3) is 0.429. The minimum atomic E-state index is -2.50. The fourth-order valence-electron chi connectivity index (χ4n) is 1.12. The van der Waals surface area contributed by atoms with Gasteiger partial charge in [-0.3, -0.25) is 4.79 Å². The van der Waals surface area contributed by atoms with Crippen LogP contribution in [-0.4, -0.2) is 18.5 Å². The lowest BCUT2D eigenvalue weighted by Crippen LogP contribution is -2.16. The van der Waals surface area contributed by atoms with Crippen molar-refractivity contribution in [1.29, 1.82) is 0 Å². The van der Waals surface area contributed by atoms with E-state index in [4.69, 9.17) is 10.2 Å². The second-order valence-corrected chi connectivity index (χ2v) is 3.43. The van der Waals surface area contributed by atoms with Gasteiger partial charge in [-0.1, -0.05) is 43.6 Å². The molecule has 0 spiro atoms. The Bertz CT molecular complexity index is 511. The average molecular weight is 254 g/mol. The molecule has 4 nitrogen and oxygen atoms in total. The highest BCUT2D eigenvalue weighted by Gasteiger charge is 2.08. The predicted octanol–water partition coefficient (Wildman–Crippen LogP) is 2.46. The first-order chi connectivity index (χ1) is 10.1. The monoisotopic (exact) mass is 254 g/mol. The largest absolute Gasteiger partial charge is 0.458 e. The Morgan fingerprint density at radius 2 is 1.89 bits per heavy atom. The van der Waals surface area contributed by atoms with Gasteiger partial charge in [0.25, 0.3) is 0 Å². The van der Waals surface area contributed by atoms with Crippen LogP contribution >= 0.6 is 0 Å². The van der Waals surface area contributed by atoms with Gasteiger partial charge in [-0.05, 0) is 12.0 Å². The highest BCUT2D eigenvalue weighted by atomic mass is 16.6. The quantitative estimate of drug-likeness (QED) is 0.701. The van der Waals surface area contributed by atoms with Crippen LogP contribution < -0.4 is 0 Å². The smallest absolute Gasteiger partial charge is 0.344 e. The van der Waals surface area contributed by atoms with E-state index in [1.165, 1.54) is 0 Å². The van der Waals surface area contributed by atoms with Crippen molar-refractivity contribution in [1.82, 2.24) is 0 Å². The zero-order chi connectivity index (χ0) is 16.8. The first-order valence-corrected chi connectivity index (χ1v) is 5.47. The van der Waals surface area contributed by atoms with E-state index < -0.39 is 37.7 Å². The molecule has 0 aromatic heterocycles. The maximum atomic E-state index is 11.5. The molecule has 18 heavy (non-hydrogen) atoms. The van der Waals surface area contributed by atoms with Crippen LogP contribution in [-0.2, 0) is 25.7 Å². The van der Waals surface area contributed by atoms with Crippen LogP contribution in [0.5, 0.6) is 0 Å². The summed E-state index contributed by atoms with van der Waals surface area (Å²) < 4.78 is 38.9. The van der Waals surface area contributed by atoms with Crippen LogP contribution in [0.4, 0.5) is 0 Å². The third-order valence-corrected chi connectivity index (χ3v) is 1.97. The van der Waals surface area contributed by atoms with Crippen LogP contribution in [0.2, 0.25) is 0 Å². The Hall–Kier alpha value is -1.84. The Balaban J connectivity index is 2.38. The van der Waals surface area contributed by atoms with Gasteiger partial charge in [-0.2, -0.15) is 0 Å². The lowest BCUT2D eigenvalue weighted by molar-refractivity contribution is -0.159. The summed E-state index contributed by atoms with van der Waals surface area (Å²) >= 11 is 0. The number of ether oxygens (including phenoxy) is 2. The zero-order valence-electron chi connectivity index (χ0n) is 14.1. The molecule has 98 valence electrons. The number of esters is 2. The van der Waals surface area contributed by atoms with Gasteiger partial charge in [0.1, 0.15) is 6.61 Å². The standard InChI is InChI=1S/C14H18O4/c1-2-3-9-13(15)18-11-14(16)17-10-12-7-5-4-6-8-12/h4-8H,2-3,9-11H2,1H3/i2D2,9D2. The summed E-state index contributed by atoms with van der Waals surface area (Å²) in [5, 5.41) is 0. The number of carbonyl (C=O) groups excluding carboxylic acids is 2. The summed E-state index contributed by atoms with van der Waals surface area (Å²) in [7, 11) is 0. The van der Waals surface area contributed by atoms with Gasteiger partial charge in [0, 0.05) is 11.9 Å². The molecule has 0 heterocycles. The van der Waals surface area contributed by atoms with Crippen molar-refractivity contribution in [2.24, 2.45) is 0 Å². The van der Waals surface area contributed by atoms with Crippen molar-refractivity contribution in [3.63, 3.8) is 0 Å². The summed E-state index contributed by atoms with van der Waals surface area (Å²) in [4.78, 5) is 23.0. The number of rotatable bonds is 7. The summed E-state index contributed by atoms with van der Waals surface area (Å²) in [6.45, 7) is 0.478. The molecule has 0 saturated carbocycles. The first-order valence-electron chi connectivity index (χ1n) is 7.47. The second-order valence-electron chi connectivity index (χ2n) is 3.43. The lowest BCUT2D eigenvalue weighted by atomic mass is 10.2. The van der Waals surface area contributed by atoms with Crippen LogP contribution in [0, 0.1) is 0 Å². The molecular weight excluding hydrogens is 232 g/mol. The molecule has 0 fully saturated rings. The van der Waals surface area contributed by atoms with E-state index in [0.717, 1.165) is 12.5 Å². The van der Waals surface area contributed by atoms with Gasteiger partial charge >= 0.3 is 11.9 Å². The van der Waals surface area contributed by atoms with Crippen LogP contribution in [0.15, 0.2) is 30.3 Å². The van der Waals surface area contributed by atoms with Gasteiger partial charge in [0.2, 0.25) is 0 Å². The van der Waals surface area contributed by atoms with Gasteiger partial charge < -0.3 is 9.47 Å². The molecule has 4 heteroatoms. The van der Waals surface area contributed by atoms with E-state index >= 15 is 0 Å². The van der Waals surface area contributed by atoms with Crippen LogP contribution in [0.1, 0.15) is 37.1 Å². The number of hydrogen-bond donors (Lipinski definition) is 0. The van der Waals surface area contributed by atoms with Crippen molar-refractivity contribution in [2.45, 2.75) is 32.7 Å². The van der Waals surface area contributed by atoms with Crippen molar-refractivity contribution in [2.75, 3.05) is 6.61 Å². The minimum Gasteiger partial charge on any atom is -0.458 e. The molecule has 0 radical (unpaired) electrons. The molecule has 1 aromatic carbocycles. The molecule has 1 aromatic rings. The SMILES string of the molecule is [2H]C([2H])(C)CC([2H])([2H])C(=O)OCC(=O)OCc1ccccc1. The average Bonchev–Trinajstić information content (AvgIpc) is 2.41. The fourth-order valence-corrected chi connectivity index (χ4v) is 1.12. The van der Waals surface area contributed by atoms with Gasteiger partial charge in [0.05, 0.1) is 0 Å². The zero-order valence-corrected chi connectivity index (χ0v) is 10.1. The van der Waals surface area contributed by atoms with Crippen molar-refractivity contribution in [3.05, 3.63) is 35.9 Å². The van der Waals surface area contributed by atoms with E-state index in [1.54, 1.807) is 24.3 Å². The van der Waals surface area contributed by atoms with Crippen molar-refractivity contribution >= 4 is 11.9 Å². The van der Waals surface area contributed by atoms with E-state index in [1.807, 2.05) is 6.07 Å². The first kappa shape index (κ1) is 9.14. The summed E-state index contributed by atoms with van der Waals surface area (Å²) in [5.41, 5.74) is 0.775.